The minimum Gasteiger partial charge on any atom is -0.434 e. The van der Waals surface area contributed by atoms with Crippen molar-refractivity contribution < 1.29 is 18.6 Å². The van der Waals surface area contributed by atoms with Crippen LogP contribution >= 0.6 is 15.9 Å². The molecule has 2 N–H and O–H groups in total. The Morgan fingerprint density at radius 2 is 2.10 bits per heavy atom. The second-order valence-electron chi connectivity index (χ2n) is 4.93. The average molecular weight is 366 g/mol. The summed E-state index contributed by atoms with van der Waals surface area (Å²) in [7, 11) is 0. The van der Waals surface area contributed by atoms with E-state index in [4.69, 9.17) is 5.11 Å². The van der Waals surface area contributed by atoms with Gasteiger partial charge in [-0.15, -0.1) is 0 Å². The number of halogens is 3. The van der Waals surface area contributed by atoms with Crippen LogP contribution < -0.4 is 10.1 Å². The Labute approximate surface area is 132 Å². The Balaban J connectivity index is 2.58. The SMILES string of the molecule is CCCC(CCO)CNCc1cc(Br)ccc1OC(F)F. The fourth-order valence-electron chi connectivity index (χ4n) is 2.25. The highest BCUT2D eigenvalue weighted by Crippen LogP contribution is 2.24. The number of alkyl halides is 2. The Bertz CT molecular complexity index is 413. The van der Waals surface area contributed by atoms with Crippen molar-refractivity contribution in [2.24, 2.45) is 5.92 Å². The standard InChI is InChI=1S/C15H22BrF2NO2/c1-2-3-11(6-7-20)9-19-10-12-8-13(16)4-5-14(12)21-15(17)18/h4-5,8,11,15,19-20H,2-3,6-7,9-10H2,1H3. The van der Waals surface area contributed by atoms with Crippen LogP contribution in [0.3, 0.4) is 0 Å². The minimum atomic E-state index is -2.83. The van der Waals surface area contributed by atoms with Gasteiger partial charge < -0.3 is 15.2 Å². The van der Waals surface area contributed by atoms with E-state index in [1.807, 2.05) is 0 Å². The summed E-state index contributed by atoms with van der Waals surface area (Å²) >= 11 is 3.33. The van der Waals surface area contributed by atoms with Crippen molar-refractivity contribution >= 4 is 15.9 Å². The number of aliphatic hydroxyl groups is 1. The van der Waals surface area contributed by atoms with Crippen molar-refractivity contribution in [2.45, 2.75) is 39.3 Å². The number of nitrogens with one attached hydrogen (secondary N) is 1. The zero-order valence-corrected chi connectivity index (χ0v) is 13.7. The number of rotatable bonds is 10. The molecular formula is C15H22BrF2NO2. The van der Waals surface area contributed by atoms with Gasteiger partial charge in [-0.1, -0.05) is 29.3 Å². The number of hydrogen-bond acceptors (Lipinski definition) is 3. The van der Waals surface area contributed by atoms with Gasteiger partial charge in [-0.3, -0.25) is 0 Å². The third-order valence-electron chi connectivity index (χ3n) is 3.22. The molecule has 3 nitrogen and oxygen atoms in total. The van der Waals surface area contributed by atoms with Crippen molar-refractivity contribution in [3.8, 4) is 5.75 Å². The molecular weight excluding hydrogens is 344 g/mol. The lowest BCUT2D eigenvalue weighted by Crippen LogP contribution is -2.23. The molecule has 0 saturated carbocycles. The maximum absolute atomic E-state index is 12.4. The summed E-state index contributed by atoms with van der Waals surface area (Å²) < 4.78 is 30.1. The Kier molecular flexibility index (Phi) is 8.80. The first-order valence-corrected chi connectivity index (χ1v) is 7.91. The van der Waals surface area contributed by atoms with Crippen LogP contribution in [0.2, 0.25) is 0 Å². The van der Waals surface area contributed by atoms with Crippen molar-refractivity contribution in [1.82, 2.24) is 5.32 Å². The highest BCUT2D eigenvalue weighted by atomic mass is 79.9. The topological polar surface area (TPSA) is 41.5 Å². The highest BCUT2D eigenvalue weighted by molar-refractivity contribution is 9.10. The highest BCUT2D eigenvalue weighted by Gasteiger charge is 2.11. The van der Waals surface area contributed by atoms with Crippen LogP contribution in [0.5, 0.6) is 5.75 Å². The summed E-state index contributed by atoms with van der Waals surface area (Å²) in [6, 6.07) is 4.98. The van der Waals surface area contributed by atoms with Crippen LogP contribution in [0.25, 0.3) is 0 Å². The molecule has 0 aliphatic rings. The van der Waals surface area contributed by atoms with Gasteiger partial charge in [0.05, 0.1) is 0 Å². The predicted molar refractivity (Wildman–Crippen MR) is 82.6 cm³/mol. The van der Waals surface area contributed by atoms with Gasteiger partial charge in [0.15, 0.2) is 0 Å². The Morgan fingerprint density at radius 3 is 2.71 bits per heavy atom. The first-order valence-electron chi connectivity index (χ1n) is 7.11. The third-order valence-corrected chi connectivity index (χ3v) is 3.71. The molecule has 0 aliphatic carbocycles. The van der Waals surface area contributed by atoms with Crippen molar-refractivity contribution in [1.29, 1.82) is 0 Å². The second kappa shape index (κ2) is 10.1. The zero-order chi connectivity index (χ0) is 15.7. The first kappa shape index (κ1) is 18.3. The van der Waals surface area contributed by atoms with Gasteiger partial charge in [-0.05, 0) is 43.5 Å². The molecule has 0 aromatic heterocycles. The summed E-state index contributed by atoms with van der Waals surface area (Å²) in [5, 5.41) is 12.3. The molecule has 6 heteroatoms. The normalized spacial score (nSPS) is 12.7. The maximum Gasteiger partial charge on any atom is 0.387 e. The van der Waals surface area contributed by atoms with E-state index in [0.717, 1.165) is 30.3 Å². The van der Waals surface area contributed by atoms with E-state index in [2.05, 4.69) is 32.9 Å². The summed E-state index contributed by atoms with van der Waals surface area (Å²) in [5.74, 6) is 0.585. The van der Waals surface area contributed by atoms with Gasteiger partial charge in [0, 0.05) is 23.2 Å². The van der Waals surface area contributed by atoms with E-state index in [1.165, 1.54) is 6.07 Å². The fraction of sp³-hybridized carbons (Fsp3) is 0.600. The molecule has 1 unspecified atom stereocenters. The van der Waals surface area contributed by atoms with E-state index in [0.29, 0.717) is 18.0 Å². The van der Waals surface area contributed by atoms with Gasteiger partial charge in [0.2, 0.25) is 0 Å². The molecule has 0 fully saturated rings. The molecule has 0 bridgehead atoms. The Morgan fingerprint density at radius 1 is 1.33 bits per heavy atom. The van der Waals surface area contributed by atoms with Gasteiger partial charge in [-0.25, -0.2) is 0 Å². The molecule has 120 valence electrons. The summed E-state index contributed by atoms with van der Waals surface area (Å²) in [5.41, 5.74) is 0.684. The lowest BCUT2D eigenvalue weighted by molar-refractivity contribution is -0.0505. The lowest BCUT2D eigenvalue weighted by atomic mass is 10.00. The monoisotopic (exact) mass is 365 g/mol. The second-order valence-corrected chi connectivity index (χ2v) is 5.84. The van der Waals surface area contributed by atoms with E-state index in [1.54, 1.807) is 12.1 Å². The van der Waals surface area contributed by atoms with Crippen LogP contribution in [0.4, 0.5) is 8.78 Å². The molecule has 1 atom stereocenters. The quantitative estimate of drug-likeness (QED) is 0.659. The van der Waals surface area contributed by atoms with Crippen LogP contribution in [-0.4, -0.2) is 24.9 Å². The largest absolute Gasteiger partial charge is 0.434 e. The molecule has 0 spiro atoms. The third kappa shape index (κ3) is 7.20. The molecule has 1 aromatic carbocycles. The number of ether oxygens (including phenoxy) is 1. The molecule has 21 heavy (non-hydrogen) atoms. The predicted octanol–water partition coefficient (Wildman–Crippen LogP) is 3.94. The first-order chi connectivity index (χ1) is 10.1. The molecule has 0 aliphatic heterocycles. The van der Waals surface area contributed by atoms with Crippen molar-refractivity contribution in [2.75, 3.05) is 13.2 Å². The van der Waals surface area contributed by atoms with Gasteiger partial charge >= 0.3 is 6.61 Å². The van der Waals surface area contributed by atoms with E-state index in [9.17, 15) is 8.78 Å². The van der Waals surface area contributed by atoms with Gasteiger partial charge in [0.1, 0.15) is 5.75 Å². The van der Waals surface area contributed by atoms with Crippen LogP contribution in [0, 0.1) is 5.92 Å². The molecule has 0 radical (unpaired) electrons. The van der Waals surface area contributed by atoms with Crippen LogP contribution in [0.15, 0.2) is 22.7 Å². The summed E-state index contributed by atoms with van der Waals surface area (Å²) in [6.07, 6.45) is 2.84. The summed E-state index contributed by atoms with van der Waals surface area (Å²) in [6.45, 7) is 0.644. The smallest absolute Gasteiger partial charge is 0.387 e. The number of hydrogen-bond donors (Lipinski definition) is 2. The maximum atomic E-state index is 12.4. The van der Waals surface area contributed by atoms with E-state index < -0.39 is 6.61 Å². The minimum absolute atomic E-state index is 0.170. The molecule has 1 rings (SSSR count). The lowest BCUT2D eigenvalue weighted by Gasteiger charge is -2.17. The molecule has 0 amide bonds. The fourth-order valence-corrected chi connectivity index (χ4v) is 2.66. The molecule has 0 saturated heterocycles. The molecule has 1 aromatic rings. The van der Waals surface area contributed by atoms with Crippen molar-refractivity contribution in [3.05, 3.63) is 28.2 Å². The zero-order valence-electron chi connectivity index (χ0n) is 12.1. The van der Waals surface area contributed by atoms with Crippen LogP contribution in [0.1, 0.15) is 31.7 Å². The van der Waals surface area contributed by atoms with Crippen molar-refractivity contribution in [3.63, 3.8) is 0 Å². The van der Waals surface area contributed by atoms with Gasteiger partial charge in [0.25, 0.3) is 0 Å². The molecule has 0 heterocycles. The number of benzene rings is 1. The van der Waals surface area contributed by atoms with E-state index >= 15 is 0 Å². The summed E-state index contributed by atoms with van der Waals surface area (Å²) in [4.78, 5) is 0. The van der Waals surface area contributed by atoms with Gasteiger partial charge in [-0.2, -0.15) is 8.78 Å². The average Bonchev–Trinajstić information content (AvgIpc) is 2.42. The van der Waals surface area contributed by atoms with Crippen LogP contribution in [-0.2, 0) is 6.54 Å². The number of aliphatic hydroxyl groups excluding tert-OH is 1. The Hall–Kier alpha value is -0.720. The van der Waals surface area contributed by atoms with E-state index in [-0.39, 0.29) is 12.4 Å².